The predicted molar refractivity (Wildman–Crippen MR) is 87.6 cm³/mol. The third kappa shape index (κ3) is 1.94. The van der Waals surface area contributed by atoms with E-state index in [1.165, 1.54) is 26.9 Å². The fourth-order valence-electron chi connectivity index (χ4n) is 2.95. The van der Waals surface area contributed by atoms with E-state index in [0.29, 0.717) is 13.4 Å². The maximum absolute atomic E-state index is 8.76. The summed E-state index contributed by atoms with van der Waals surface area (Å²) in [6.07, 6.45) is 0. The van der Waals surface area contributed by atoms with Gasteiger partial charge in [-0.1, -0.05) is 54.6 Å². The topological polar surface area (TPSA) is 29.5 Å². The average molecular weight is 271 g/mol. The van der Waals surface area contributed by atoms with Crippen molar-refractivity contribution in [3.63, 3.8) is 0 Å². The van der Waals surface area contributed by atoms with Crippen LogP contribution in [-0.2, 0) is 0 Å². The van der Waals surface area contributed by atoms with Crippen LogP contribution in [0, 0.1) is 0 Å². The van der Waals surface area contributed by atoms with E-state index in [4.69, 9.17) is 9.68 Å². The first-order chi connectivity index (χ1) is 10.4. The molecule has 4 aromatic rings. The van der Waals surface area contributed by atoms with Crippen LogP contribution in [0.25, 0.3) is 32.3 Å². The molecule has 0 amide bonds. The highest BCUT2D eigenvalue weighted by atomic mass is 16.5. The summed E-state index contributed by atoms with van der Waals surface area (Å²) < 4.78 is 5.04. The Hall–Kier alpha value is -2.52. The van der Waals surface area contributed by atoms with Crippen LogP contribution >= 0.6 is 0 Å². The monoisotopic (exact) mass is 271 g/mol. The SMILES string of the molecule is O[B]Oc1ccc2c(ccc3ccc4ccccc4c32)c1. The Labute approximate surface area is 122 Å². The Kier molecular flexibility index (Phi) is 2.79. The van der Waals surface area contributed by atoms with Gasteiger partial charge in [0, 0.05) is 0 Å². The van der Waals surface area contributed by atoms with E-state index in [0.717, 1.165) is 5.39 Å². The summed E-state index contributed by atoms with van der Waals surface area (Å²) in [5.41, 5.74) is 0. The second-order valence-corrected chi connectivity index (χ2v) is 5.06. The van der Waals surface area contributed by atoms with Crippen LogP contribution in [0.4, 0.5) is 0 Å². The third-order valence-corrected chi connectivity index (χ3v) is 3.88. The van der Waals surface area contributed by atoms with E-state index >= 15 is 0 Å². The van der Waals surface area contributed by atoms with E-state index in [2.05, 4.69) is 48.5 Å². The molecule has 0 saturated carbocycles. The van der Waals surface area contributed by atoms with Gasteiger partial charge in [0.2, 0.25) is 0 Å². The van der Waals surface area contributed by atoms with Gasteiger partial charge in [-0.2, -0.15) is 0 Å². The molecule has 0 bridgehead atoms. The summed E-state index contributed by atoms with van der Waals surface area (Å²) in [7, 11) is 0.706. The minimum absolute atomic E-state index is 0.629. The number of benzene rings is 4. The van der Waals surface area contributed by atoms with Crippen molar-refractivity contribution in [1.82, 2.24) is 0 Å². The summed E-state index contributed by atoms with van der Waals surface area (Å²) in [5.74, 6) is 0.629. The molecule has 99 valence electrons. The number of hydrogen-bond donors (Lipinski definition) is 1. The first kappa shape index (κ1) is 12.2. The number of hydrogen-bond acceptors (Lipinski definition) is 2. The van der Waals surface area contributed by atoms with Crippen LogP contribution in [0.2, 0.25) is 0 Å². The van der Waals surface area contributed by atoms with Gasteiger partial charge in [-0.15, -0.1) is 0 Å². The van der Waals surface area contributed by atoms with Gasteiger partial charge in [-0.3, -0.25) is 0 Å². The molecular weight excluding hydrogens is 259 g/mol. The van der Waals surface area contributed by atoms with E-state index in [-0.39, 0.29) is 0 Å². The lowest BCUT2D eigenvalue weighted by Gasteiger charge is -2.09. The molecular formula is C18H12BO2. The van der Waals surface area contributed by atoms with Crippen molar-refractivity contribution < 1.29 is 9.68 Å². The molecule has 3 heteroatoms. The van der Waals surface area contributed by atoms with Crippen LogP contribution in [0.5, 0.6) is 5.75 Å². The zero-order valence-corrected chi connectivity index (χ0v) is 11.3. The van der Waals surface area contributed by atoms with Crippen molar-refractivity contribution >= 4 is 40.0 Å². The number of rotatable bonds is 2. The molecule has 0 fully saturated rings. The van der Waals surface area contributed by atoms with E-state index < -0.39 is 0 Å². The van der Waals surface area contributed by atoms with E-state index in [1.807, 2.05) is 18.2 Å². The minimum Gasteiger partial charge on any atom is -0.537 e. The maximum Gasteiger partial charge on any atom is 0.569 e. The van der Waals surface area contributed by atoms with Crippen LogP contribution in [-0.4, -0.2) is 12.7 Å². The van der Waals surface area contributed by atoms with Gasteiger partial charge in [0.25, 0.3) is 0 Å². The third-order valence-electron chi connectivity index (χ3n) is 3.88. The van der Waals surface area contributed by atoms with Crippen molar-refractivity contribution in [3.05, 3.63) is 66.7 Å². The molecule has 0 aromatic heterocycles. The standard InChI is InChI=1S/C18H12BO2/c20-19-21-15-9-10-17-14(11-15)8-7-13-6-5-12-3-1-2-4-16(12)18(13)17/h1-11,20H. The molecule has 0 saturated heterocycles. The van der Waals surface area contributed by atoms with Gasteiger partial charge < -0.3 is 9.68 Å². The summed E-state index contributed by atoms with van der Waals surface area (Å²) >= 11 is 0. The molecule has 0 atom stereocenters. The normalized spacial score (nSPS) is 11.1. The predicted octanol–water partition coefficient (Wildman–Crippen LogP) is 4.05. The zero-order chi connectivity index (χ0) is 14.2. The molecule has 0 unspecified atom stereocenters. The smallest absolute Gasteiger partial charge is 0.537 e. The summed E-state index contributed by atoms with van der Waals surface area (Å²) in [6.45, 7) is 0. The van der Waals surface area contributed by atoms with Crippen LogP contribution in [0.15, 0.2) is 66.7 Å². The van der Waals surface area contributed by atoms with Gasteiger partial charge in [-0.25, -0.2) is 0 Å². The highest BCUT2D eigenvalue weighted by Crippen LogP contribution is 2.33. The molecule has 2 nitrogen and oxygen atoms in total. The Bertz CT molecular complexity index is 963. The molecule has 0 aliphatic carbocycles. The largest absolute Gasteiger partial charge is 0.569 e. The van der Waals surface area contributed by atoms with Crippen molar-refractivity contribution in [2.45, 2.75) is 0 Å². The average Bonchev–Trinajstić information content (AvgIpc) is 2.54. The first-order valence-electron chi connectivity index (χ1n) is 6.83. The molecule has 21 heavy (non-hydrogen) atoms. The first-order valence-corrected chi connectivity index (χ1v) is 6.83. The molecule has 0 aliphatic heterocycles. The Morgan fingerprint density at radius 3 is 2.29 bits per heavy atom. The highest BCUT2D eigenvalue weighted by Gasteiger charge is 2.06. The van der Waals surface area contributed by atoms with E-state index in [1.54, 1.807) is 0 Å². The van der Waals surface area contributed by atoms with Crippen molar-refractivity contribution in [2.24, 2.45) is 0 Å². The Balaban J connectivity index is 2.14. The highest BCUT2D eigenvalue weighted by molar-refractivity contribution is 6.20. The second kappa shape index (κ2) is 4.79. The summed E-state index contributed by atoms with van der Waals surface area (Å²) in [6, 6.07) is 22.8. The quantitative estimate of drug-likeness (QED) is 0.440. The molecule has 4 rings (SSSR count). The van der Waals surface area contributed by atoms with Crippen LogP contribution in [0.1, 0.15) is 0 Å². The fourth-order valence-corrected chi connectivity index (χ4v) is 2.95. The molecule has 1 radical (unpaired) electrons. The maximum atomic E-state index is 8.76. The van der Waals surface area contributed by atoms with Crippen LogP contribution in [0.3, 0.4) is 0 Å². The summed E-state index contributed by atoms with van der Waals surface area (Å²) in [5, 5.41) is 16.0. The molecule has 1 N–H and O–H groups in total. The van der Waals surface area contributed by atoms with Gasteiger partial charge in [0.05, 0.1) is 0 Å². The van der Waals surface area contributed by atoms with Crippen molar-refractivity contribution in [2.75, 3.05) is 0 Å². The lowest BCUT2D eigenvalue weighted by Crippen LogP contribution is -1.99. The molecule has 4 aromatic carbocycles. The lowest BCUT2D eigenvalue weighted by molar-refractivity contribution is 0.454. The Morgan fingerprint density at radius 2 is 1.43 bits per heavy atom. The lowest BCUT2D eigenvalue weighted by atomic mass is 9.96. The number of fused-ring (bicyclic) bond motifs is 5. The van der Waals surface area contributed by atoms with Gasteiger partial charge in [0.15, 0.2) is 0 Å². The summed E-state index contributed by atoms with van der Waals surface area (Å²) in [4.78, 5) is 0. The van der Waals surface area contributed by atoms with Crippen LogP contribution < -0.4 is 4.65 Å². The van der Waals surface area contributed by atoms with Crippen molar-refractivity contribution in [3.8, 4) is 5.75 Å². The minimum atomic E-state index is 0.629. The fraction of sp³-hybridized carbons (Fsp3) is 0. The van der Waals surface area contributed by atoms with Gasteiger partial charge in [-0.05, 0) is 44.5 Å². The molecule has 0 aliphatic rings. The zero-order valence-electron chi connectivity index (χ0n) is 11.3. The van der Waals surface area contributed by atoms with Crippen molar-refractivity contribution in [1.29, 1.82) is 0 Å². The molecule has 0 spiro atoms. The van der Waals surface area contributed by atoms with Gasteiger partial charge >= 0.3 is 7.69 Å². The molecule has 0 heterocycles. The second-order valence-electron chi connectivity index (χ2n) is 5.06. The van der Waals surface area contributed by atoms with Gasteiger partial charge in [0.1, 0.15) is 5.75 Å². The Morgan fingerprint density at radius 1 is 0.714 bits per heavy atom. The van der Waals surface area contributed by atoms with E-state index in [9.17, 15) is 0 Å².